The summed E-state index contributed by atoms with van der Waals surface area (Å²) in [6.45, 7) is 4.04. The Morgan fingerprint density at radius 2 is 1.81 bits per heavy atom. The lowest BCUT2D eigenvalue weighted by Gasteiger charge is -2.30. The van der Waals surface area contributed by atoms with Crippen LogP contribution >= 0.6 is 0 Å². The number of ether oxygens (including phenoxy) is 1. The van der Waals surface area contributed by atoms with Gasteiger partial charge in [-0.3, -0.25) is 9.59 Å². The molecule has 0 spiro atoms. The van der Waals surface area contributed by atoms with Crippen molar-refractivity contribution in [2.75, 3.05) is 19.7 Å². The molecule has 0 aliphatic carbocycles. The molecule has 0 radical (unpaired) electrons. The molecule has 0 unspecified atom stereocenters. The van der Waals surface area contributed by atoms with Crippen LogP contribution in [0.1, 0.15) is 61.2 Å². The Bertz CT molecular complexity index is 1000. The molecule has 0 bridgehead atoms. The molecule has 31 heavy (non-hydrogen) atoms. The van der Waals surface area contributed by atoms with Crippen LogP contribution in [0.3, 0.4) is 0 Å². The molecule has 4 rings (SSSR count). The first-order chi connectivity index (χ1) is 15.1. The van der Waals surface area contributed by atoms with E-state index in [4.69, 9.17) is 9.15 Å². The van der Waals surface area contributed by atoms with E-state index in [9.17, 15) is 9.59 Å². The molecule has 3 aromatic rings. The third-order valence-electron chi connectivity index (χ3n) is 5.72. The second-order valence-electron chi connectivity index (χ2n) is 7.97. The molecule has 0 N–H and O–H groups in total. The number of amides is 1. The molecule has 6 nitrogen and oxygen atoms in total. The largest absolute Gasteiger partial charge is 0.494 e. The van der Waals surface area contributed by atoms with Crippen LogP contribution in [0.25, 0.3) is 11.1 Å². The Morgan fingerprint density at radius 3 is 2.52 bits per heavy atom. The van der Waals surface area contributed by atoms with Gasteiger partial charge in [0.15, 0.2) is 17.3 Å². The third-order valence-corrected chi connectivity index (χ3v) is 5.72. The molecule has 1 saturated heterocycles. The van der Waals surface area contributed by atoms with Gasteiger partial charge in [-0.1, -0.05) is 19.1 Å². The lowest BCUT2D eigenvalue weighted by molar-refractivity contribution is -0.132. The molecule has 0 saturated carbocycles. The van der Waals surface area contributed by atoms with Gasteiger partial charge in [0.2, 0.25) is 5.91 Å². The van der Waals surface area contributed by atoms with Gasteiger partial charge in [0.05, 0.1) is 6.61 Å². The number of fused-ring (bicyclic) bond motifs is 1. The van der Waals surface area contributed by atoms with Gasteiger partial charge in [0.1, 0.15) is 11.3 Å². The summed E-state index contributed by atoms with van der Waals surface area (Å²) in [4.78, 5) is 31.5. The fourth-order valence-corrected chi connectivity index (χ4v) is 3.92. The highest BCUT2D eigenvalue weighted by Gasteiger charge is 2.27. The fraction of sp³-hybridized carbons (Fsp3) is 0.400. The number of hydrogen-bond donors (Lipinski definition) is 0. The third kappa shape index (κ3) is 5.13. The van der Waals surface area contributed by atoms with Crippen LogP contribution in [0.2, 0.25) is 0 Å². The number of para-hydroxylation sites is 2. The Kier molecular flexibility index (Phi) is 6.65. The van der Waals surface area contributed by atoms with Crippen molar-refractivity contribution in [2.45, 2.75) is 44.9 Å². The number of likely N-dealkylation sites (tertiary alicyclic amines) is 1. The number of aromatic nitrogens is 1. The van der Waals surface area contributed by atoms with Crippen molar-refractivity contribution >= 4 is 22.8 Å². The van der Waals surface area contributed by atoms with Crippen molar-refractivity contribution in [3.63, 3.8) is 0 Å². The van der Waals surface area contributed by atoms with Gasteiger partial charge in [-0.2, -0.15) is 0 Å². The van der Waals surface area contributed by atoms with E-state index >= 15 is 0 Å². The smallest absolute Gasteiger partial charge is 0.223 e. The predicted molar refractivity (Wildman–Crippen MR) is 118 cm³/mol. The molecule has 6 heteroatoms. The van der Waals surface area contributed by atoms with E-state index in [2.05, 4.69) is 4.98 Å². The van der Waals surface area contributed by atoms with Crippen molar-refractivity contribution in [2.24, 2.45) is 0 Å². The molecule has 0 atom stereocenters. The number of oxazole rings is 1. The van der Waals surface area contributed by atoms with Crippen molar-refractivity contribution in [3.8, 4) is 5.75 Å². The number of carbonyl (C=O) groups excluding carboxylic acids is 2. The molecule has 1 aliphatic heterocycles. The molecule has 1 fully saturated rings. The average molecular weight is 421 g/mol. The van der Waals surface area contributed by atoms with Crippen LogP contribution in [0, 0.1) is 0 Å². The monoisotopic (exact) mass is 420 g/mol. The number of carbonyl (C=O) groups is 2. The van der Waals surface area contributed by atoms with Crippen molar-refractivity contribution < 1.29 is 18.7 Å². The Morgan fingerprint density at radius 1 is 1.06 bits per heavy atom. The minimum atomic E-state index is -0.0169. The molecule has 2 aromatic carbocycles. The first-order valence-corrected chi connectivity index (χ1v) is 11.0. The Labute approximate surface area is 182 Å². The lowest BCUT2D eigenvalue weighted by Crippen LogP contribution is -2.38. The highest BCUT2D eigenvalue weighted by molar-refractivity contribution is 5.98. The standard InChI is InChI=1S/C25H28N2O4/c1-2-17-30-20-9-7-18(8-10-20)22(28)11-12-24(29)27-15-13-19(14-16-27)25-26-21-5-3-4-6-23(21)31-25/h3-10,19H,2,11-17H2,1H3. The van der Waals surface area contributed by atoms with Gasteiger partial charge in [0.25, 0.3) is 0 Å². The predicted octanol–water partition coefficient (Wildman–Crippen LogP) is 4.99. The number of nitrogens with zero attached hydrogens (tertiary/aromatic N) is 2. The van der Waals surface area contributed by atoms with E-state index < -0.39 is 0 Å². The molecule has 1 amide bonds. The number of hydrogen-bond acceptors (Lipinski definition) is 5. The van der Waals surface area contributed by atoms with Crippen LogP contribution in [-0.4, -0.2) is 41.3 Å². The summed E-state index contributed by atoms with van der Waals surface area (Å²) in [6, 6.07) is 14.9. The summed E-state index contributed by atoms with van der Waals surface area (Å²) >= 11 is 0. The second kappa shape index (κ2) is 9.77. The van der Waals surface area contributed by atoms with Crippen molar-refractivity contribution in [3.05, 3.63) is 60.0 Å². The zero-order valence-corrected chi connectivity index (χ0v) is 17.9. The molecule has 162 valence electrons. The zero-order valence-electron chi connectivity index (χ0n) is 17.9. The van der Waals surface area contributed by atoms with Gasteiger partial charge in [-0.05, 0) is 55.7 Å². The van der Waals surface area contributed by atoms with Gasteiger partial charge in [0, 0.05) is 37.4 Å². The first kappa shape index (κ1) is 21.1. The summed E-state index contributed by atoms with van der Waals surface area (Å²) < 4.78 is 11.4. The van der Waals surface area contributed by atoms with Gasteiger partial charge < -0.3 is 14.1 Å². The zero-order chi connectivity index (χ0) is 21.6. The van der Waals surface area contributed by atoms with Crippen LogP contribution in [0.5, 0.6) is 5.75 Å². The minimum Gasteiger partial charge on any atom is -0.494 e. The summed E-state index contributed by atoms with van der Waals surface area (Å²) in [6.07, 6.45) is 3.05. The van der Waals surface area contributed by atoms with E-state index in [1.807, 2.05) is 48.2 Å². The fourth-order valence-electron chi connectivity index (χ4n) is 3.92. The van der Waals surface area contributed by atoms with Gasteiger partial charge in [-0.15, -0.1) is 0 Å². The SMILES string of the molecule is CCCOc1ccc(C(=O)CCC(=O)N2CCC(c3nc4ccccc4o3)CC2)cc1. The highest BCUT2D eigenvalue weighted by atomic mass is 16.5. The van der Waals surface area contributed by atoms with E-state index in [0.717, 1.165) is 42.0 Å². The summed E-state index contributed by atoms with van der Waals surface area (Å²) in [5, 5.41) is 0. The van der Waals surface area contributed by atoms with Crippen molar-refractivity contribution in [1.82, 2.24) is 9.88 Å². The molecular weight excluding hydrogens is 392 g/mol. The Balaban J connectivity index is 1.24. The molecule has 2 heterocycles. The van der Waals surface area contributed by atoms with Crippen LogP contribution in [0.15, 0.2) is 52.9 Å². The summed E-state index contributed by atoms with van der Waals surface area (Å²) in [5.74, 6) is 1.77. The quantitative estimate of drug-likeness (QED) is 0.480. The van der Waals surface area contributed by atoms with E-state index in [0.29, 0.717) is 25.3 Å². The minimum absolute atomic E-state index is 0.0169. The number of Topliss-reactive ketones (excluding diaryl/α,β-unsaturated/α-hetero) is 1. The topological polar surface area (TPSA) is 72.6 Å². The van der Waals surface area contributed by atoms with E-state index in [-0.39, 0.29) is 30.4 Å². The van der Waals surface area contributed by atoms with E-state index in [1.165, 1.54) is 0 Å². The first-order valence-electron chi connectivity index (χ1n) is 11.0. The number of piperidine rings is 1. The Hall–Kier alpha value is -3.15. The summed E-state index contributed by atoms with van der Waals surface area (Å²) in [5.41, 5.74) is 2.30. The highest BCUT2D eigenvalue weighted by Crippen LogP contribution is 2.30. The average Bonchev–Trinajstić information content (AvgIpc) is 3.26. The lowest BCUT2D eigenvalue weighted by atomic mass is 9.96. The number of ketones is 1. The van der Waals surface area contributed by atoms with Crippen LogP contribution in [0.4, 0.5) is 0 Å². The van der Waals surface area contributed by atoms with Gasteiger partial charge in [-0.25, -0.2) is 4.98 Å². The van der Waals surface area contributed by atoms with E-state index in [1.54, 1.807) is 12.1 Å². The second-order valence-corrected chi connectivity index (χ2v) is 7.97. The maximum Gasteiger partial charge on any atom is 0.223 e. The number of rotatable bonds is 8. The van der Waals surface area contributed by atoms with Crippen molar-refractivity contribution in [1.29, 1.82) is 0 Å². The van der Waals surface area contributed by atoms with Gasteiger partial charge >= 0.3 is 0 Å². The van der Waals surface area contributed by atoms with Crippen LogP contribution < -0.4 is 4.74 Å². The molecule has 1 aliphatic rings. The maximum atomic E-state index is 12.6. The molecule has 1 aromatic heterocycles. The molecular formula is C25H28N2O4. The summed E-state index contributed by atoms with van der Waals surface area (Å²) in [7, 11) is 0. The number of benzene rings is 2. The van der Waals surface area contributed by atoms with Crippen LogP contribution in [-0.2, 0) is 4.79 Å². The maximum absolute atomic E-state index is 12.6. The normalized spacial score (nSPS) is 14.7.